The average Bonchev–Trinajstić information content (AvgIpc) is 2.98. The zero-order valence-corrected chi connectivity index (χ0v) is 15.5. The van der Waals surface area contributed by atoms with E-state index >= 15 is 0 Å². The second kappa shape index (κ2) is 7.64. The van der Waals surface area contributed by atoms with Crippen molar-refractivity contribution >= 4 is 44.8 Å². The molecule has 2 aromatic heterocycles. The number of carbonyl (C=O) groups excluding carboxylic acids is 1. The highest BCUT2D eigenvalue weighted by Crippen LogP contribution is 2.25. The van der Waals surface area contributed by atoms with E-state index in [4.69, 9.17) is 16.3 Å². The number of rotatable bonds is 4. The molecule has 3 rings (SSSR count). The summed E-state index contributed by atoms with van der Waals surface area (Å²) in [6.07, 6.45) is 5.37. The average molecular weight is 416 g/mol. The first-order valence-corrected chi connectivity index (χ1v) is 9.48. The van der Waals surface area contributed by atoms with Crippen molar-refractivity contribution in [1.82, 2.24) is 10.3 Å². The van der Waals surface area contributed by atoms with E-state index in [1.807, 2.05) is 11.4 Å². The number of ether oxygens (including phenoxy) is 1. The molecule has 0 atom stereocenters. The van der Waals surface area contributed by atoms with E-state index in [2.05, 4.69) is 26.2 Å². The monoisotopic (exact) mass is 414 g/mol. The lowest BCUT2D eigenvalue weighted by molar-refractivity contribution is 0.0894. The first-order chi connectivity index (χ1) is 11.1. The molecule has 2 heterocycles. The third-order valence-corrected chi connectivity index (χ3v) is 5.70. The van der Waals surface area contributed by atoms with Gasteiger partial charge in [-0.1, -0.05) is 11.6 Å². The smallest absolute Gasteiger partial charge is 0.261 e. The Labute approximate surface area is 152 Å². The molecule has 1 N–H and O–H groups in total. The number of hydrogen-bond acceptors (Lipinski definition) is 4. The maximum atomic E-state index is 12.2. The van der Waals surface area contributed by atoms with Gasteiger partial charge in [-0.25, -0.2) is 4.98 Å². The van der Waals surface area contributed by atoms with Crippen molar-refractivity contribution in [3.05, 3.63) is 44.1 Å². The number of carbonyl (C=O) groups is 1. The van der Waals surface area contributed by atoms with E-state index in [1.54, 1.807) is 18.3 Å². The molecule has 1 aliphatic carbocycles. The van der Waals surface area contributed by atoms with Gasteiger partial charge in [0.05, 0.1) is 9.90 Å². The highest BCUT2D eigenvalue weighted by Gasteiger charge is 2.24. The van der Waals surface area contributed by atoms with E-state index in [0.717, 1.165) is 35.0 Å². The normalized spacial score (nSPS) is 21.0. The third kappa shape index (κ3) is 4.68. The number of nitrogens with zero attached hydrogens (tertiary/aromatic N) is 1. The summed E-state index contributed by atoms with van der Waals surface area (Å²) in [6, 6.07) is 5.61. The molecule has 2 aromatic rings. The summed E-state index contributed by atoms with van der Waals surface area (Å²) in [6.45, 7) is 0. The summed E-state index contributed by atoms with van der Waals surface area (Å²) in [7, 11) is 0. The molecule has 1 fully saturated rings. The zero-order chi connectivity index (χ0) is 16.2. The summed E-state index contributed by atoms with van der Waals surface area (Å²) in [5, 5.41) is 5.62. The van der Waals surface area contributed by atoms with Crippen molar-refractivity contribution in [3.63, 3.8) is 0 Å². The molecule has 23 heavy (non-hydrogen) atoms. The summed E-state index contributed by atoms with van der Waals surface area (Å²) >= 11 is 10.6. The summed E-state index contributed by atoms with van der Waals surface area (Å²) in [5.74, 6) is 0.606. The van der Waals surface area contributed by atoms with Crippen molar-refractivity contribution in [2.75, 3.05) is 0 Å². The number of amides is 1. The number of thiophene rings is 1. The molecule has 0 radical (unpaired) electrons. The van der Waals surface area contributed by atoms with Crippen LogP contribution in [0.4, 0.5) is 0 Å². The second-order valence-corrected chi connectivity index (χ2v) is 7.77. The van der Waals surface area contributed by atoms with Gasteiger partial charge in [0.2, 0.25) is 5.88 Å². The number of nitrogens with one attached hydrogen (secondary N) is 1. The maximum Gasteiger partial charge on any atom is 0.261 e. The maximum absolute atomic E-state index is 12.2. The molecule has 4 nitrogen and oxygen atoms in total. The van der Waals surface area contributed by atoms with E-state index in [1.165, 1.54) is 11.3 Å². The van der Waals surface area contributed by atoms with Crippen LogP contribution in [0.3, 0.4) is 0 Å². The highest BCUT2D eigenvalue weighted by molar-refractivity contribution is 9.10. The largest absolute Gasteiger partial charge is 0.474 e. The number of pyridine rings is 1. The minimum atomic E-state index is 0.00411. The molecule has 1 aliphatic rings. The molecule has 122 valence electrons. The molecule has 0 aliphatic heterocycles. The Balaban J connectivity index is 1.46. The number of aromatic nitrogens is 1. The van der Waals surface area contributed by atoms with Crippen LogP contribution in [0.25, 0.3) is 0 Å². The topological polar surface area (TPSA) is 51.2 Å². The van der Waals surface area contributed by atoms with Crippen LogP contribution in [0.15, 0.2) is 34.2 Å². The van der Waals surface area contributed by atoms with Gasteiger partial charge in [0.25, 0.3) is 5.91 Å². The van der Waals surface area contributed by atoms with Gasteiger partial charge in [-0.15, -0.1) is 11.3 Å². The fourth-order valence-electron chi connectivity index (χ4n) is 2.62. The molecule has 0 aromatic carbocycles. The van der Waals surface area contributed by atoms with Crippen molar-refractivity contribution < 1.29 is 9.53 Å². The lowest BCUT2D eigenvalue weighted by Gasteiger charge is -2.29. The van der Waals surface area contributed by atoms with Gasteiger partial charge >= 0.3 is 0 Å². The number of hydrogen-bond donors (Lipinski definition) is 1. The minimum Gasteiger partial charge on any atom is -0.474 e. The van der Waals surface area contributed by atoms with Crippen molar-refractivity contribution in [2.45, 2.75) is 37.8 Å². The summed E-state index contributed by atoms with van der Waals surface area (Å²) in [5.41, 5.74) is 0. The van der Waals surface area contributed by atoms with E-state index in [9.17, 15) is 4.79 Å². The fraction of sp³-hybridized carbons (Fsp3) is 0.375. The minimum absolute atomic E-state index is 0.00411. The predicted molar refractivity (Wildman–Crippen MR) is 95.4 cm³/mol. The fourth-order valence-corrected chi connectivity index (χ4v) is 4.06. The second-order valence-electron chi connectivity index (χ2n) is 5.51. The molecule has 0 bridgehead atoms. The van der Waals surface area contributed by atoms with E-state index in [0.29, 0.717) is 10.9 Å². The lowest BCUT2D eigenvalue weighted by Crippen LogP contribution is -2.39. The quantitative estimate of drug-likeness (QED) is 0.789. The molecular formula is C16H16BrClN2O2S. The lowest BCUT2D eigenvalue weighted by atomic mass is 9.93. The van der Waals surface area contributed by atoms with Crippen LogP contribution < -0.4 is 10.1 Å². The van der Waals surface area contributed by atoms with Gasteiger partial charge in [-0.3, -0.25) is 4.79 Å². The van der Waals surface area contributed by atoms with Crippen LogP contribution in [0.1, 0.15) is 35.4 Å². The third-order valence-electron chi connectivity index (χ3n) is 3.79. The summed E-state index contributed by atoms with van der Waals surface area (Å²) in [4.78, 5) is 17.0. The van der Waals surface area contributed by atoms with Crippen LogP contribution in [-0.2, 0) is 0 Å². The predicted octanol–water partition coefficient (Wildman–Crippen LogP) is 4.68. The first-order valence-electron chi connectivity index (χ1n) is 7.43. The van der Waals surface area contributed by atoms with Gasteiger partial charge in [0.1, 0.15) is 6.10 Å². The standard InChI is InChI=1S/C16H16BrClN2O2S/c17-10-7-14(23-9-10)16(21)20-12-2-4-13(5-3-12)22-15-6-1-11(18)8-19-15/h1,6-9,12-13H,2-5H2,(H,20,21). The van der Waals surface area contributed by atoms with Crippen LogP contribution in [0.2, 0.25) is 5.02 Å². The molecule has 1 amide bonds. The molecule has 7 heteroatoms. The molecule has 0 spiro atoms. The van der Waals surface area contributed by atoms with E-state index in [-0.39, 0.29) is 18.1 Å². The van der Waals surface area contributed by atoms with Crippen molar-refractivity contribution in [3.8, 4) is 5.88 Å². The van der Waals surface area contributed by atoms with Gasteiger partial charge in [0, 0.05) is 28.2 Å². The Morgan fingerprint density at radius 2 is 2.13 bits per heavy atom. The van der Waals surface area contributed by atoms with Crippen LogP contribution in [-0.4, -0.2) is 23.0 Å². The molecule has 0 saturated heterocycles. The van der Waals surface area contributed by atoms with Gasteiger partial charge in [-0.05, 0) is 53.7 Å². The summed E-state index contributed by atoms with van der Waals surface area (Å²) < 4.78 is 6.81. The Morgan fingerprint density at radius 3 is 2.74 bits per heavy atom. The SMILES string of the molecule is O=C(NC1CCC(Oc2ccc(Cl)cn2)CC1)c1cc(Br)cs1. The van der Waals surface area contributed by atoms with Crippen LogP contribution in [0.5, 0.6) is 5.88 Å². The molecular weight excluding hydrogens is 400 g/mol. The Bertz CT molecular complexity index is 669. The van der Waals surface area contributed by atoms with Crippen LogP contribution in [0, 0.1) is 0 Å². The molecule has 0 unspecified atom stereocenters. The van der Waals surface area contributed by atoms with Gasteiger partial charge < -0.3 is 10.1 Å². The zero-order valence-electron chi connectivity index (χ0n) is 12.3. The Morgan fingerprint density at radius 1 is 1.35 bits per heavy atom. The van der Waals surface area contributed by atoms with Crippen molar-refractivity contribution in [2.24, 2.45) is 0 Å². The first kappa shape index (κ1) is 16.7. The van der Waals surface area contributed by atoms with Crippen LogP contribution >= 0.6 is 38.9 Å². The van der Waals surface area contributed by atoms with E-state index < -0.39 is 0 Å². The Kier molecular flexibility index (Phi) is 5.56. The molecule has 1 saturated carbocycles. The highest BCUT2D eigenvalue weighted by atomic mass is 79.9. The van der Waals surface area contributed by atoms with Crippen molar-refractivity contribution in [1.29, 1.82) is 0 Å². The van der Waals surface area contributed by atoms with Gasteiger partial charge in [0.15, 0.2) is 0 Å². The van der Waals surface area contributed by atoms with Gasteiger partial charge in [-0.2, -0.15) is 0 Å². The Hall–Kier alpha value is -1.11. The number of halogens is 2.